The minimum atomic E-state index is -0.249. The molecule has 0 radical (unpaired) electrons. The summed E-state index contributed by atoms with van der Waals surface area (Å²) in [5.74, 6) is 0.445. The van der Waals surface area contributed by atoms with Crippen LogP contribution in [-0.2, 0) is 11.2 Å². The summed E-state index contributed by atoms with van der Waals surface area (Å²) in [6.07, 6.45) is 0.764. The highest BCUT2D eigenvalue weighted by Gasteiger charge is 2.21. The number of hydrogen-bond donors (Lipinski definition) is 1. The fraction of sp³-hybridized carbons (Fsp3) is 0.429. The molecule has 20 heavy (non-hydrogen) atoms. The van der Waals surface area contributed by atoms with Gasteiger partial charge in [-0.2, -0.15) is 0 Å². The Bertz CT molecular complexity index is 496. The second kappa shape index (κ2) is 7.28. The highest BCUT2D eigenvalue weighted by molar-refractivity contribution is 8.13. The van der Waals surface area contributed by atoms with E-state index in [1.54, 1.807) is 23.1 Å². The minimum absolute atomic E-state index is 0.0455. The molecule has 0 aliphatic carbocycles. The third-order valence-electron chi connectivity index (χ3n) is 3.13. The lowest BCUT2D eigenvalue weighted by Gasteiger charge is -2.13. The van der Waals surface area contributed by atoms with E-state index >= 15 is 0 Å². The van der Waals surface area contributed by atoms with Crippen LogP contribution in [0.15, 0.2) is 24.3 Å². The SMILES string of the molecule is O=C(CCN1CCSC1=O)NCCc1ccccc1F. The molecule has 0 aromatic heterocycles. The first-order valence-corrected chi connectivity index (χ1v) is 7.57. The van der Waals surface area contributed by atoms with Gasteiger partial charge < -0.3 is 10.2 Å². The zero-order valence-electron chi connectivity index (χ0n) is 11.1. The summed E-state index contributed by atoms with van der Waals surface area (Å²) in [5.41, 5.74) is 0.596. The number of amides is 2. The van der Waals surface area contributed by atoms with Crippen molar-refractivity contribution in [2.75, 3.05) is 25.4 Å². The van der Waals surface area contributed by atoms with Crippen LogP contribution in [-0.4, -0.2) is 41.4 Å². The maximum Gasteiger partial charge on any atom is 0.281 e. The first kappa shape index (κ1) is 14.8. The maximum atomic E-state index is 13.4. The molecule has 1 aliphatic heterocycles. The van der Waals surface area contributed by atoms with Crippen molar-refractivity contribution in [1.29, 1.82) is 0 Å². The van der Waals surface area contributed by atoms with Crippen LogP contribution < -0.4 is 5.32 Å². The molecule has 1 aromatic rings. The molecule has 1 saturated heterocycles. The molecule has 1 aromatic carbocycles. The zero-order valence-corrected chi connectivity index (χ0v) is 11.9. The van der Waals surface area contributed by atoms with Gasteiger partial charge in [0.05, 0.1) is 0 Å². The molecule has 6 heteroatoms. The second-order valence-electron chi connectivity index (χ2n) is 4.54. The molecule has 0 spiro atoms. The largest absolute Gasteiger partial charge is 0.356 e. The Morgan fingerprint density at radius 1 is 1.40 bits per heavy atom. The monoisotopic (exact) mass is 296 g/mol. The van der Waals surface area contributed by atoms with E-state index < -0.39 is 0 Å². The smallest absolute Gasteiger partial charge is 0.281 e. The van der Waals surface area contributed by atoms with Gasteiger partial charge in [0.15, 0.2) is 0 Å². The van der Waals surface area contributed by atoms with Crippen LogP contribution in [0.25, 0.3) is 0 Å². The highest BCUT2D eigenvalue weighted by Crippen LogP contribution is 2.16. The van der Waals surface area contributed by atoms with Crippen LogP contribution in [0, 0.1) is 5.82 Å². The van der Waals surface area contributed by atoms with Gasteiger partial charge in [-0.05, 0) is 18.1 Å². The number of nitrogens with one attached hydrogen (secondary N) is 1. The number of rotatable bonds is 6. The number of carbonyl (C=O) groups excluding carboxylic acids is 2. The van der Waals surface area contributed by atoms with E-state index in [0.717, 1.165) is 5.75 Å². The molecule has 0 saturated carbocycles. The van der Waals surface area contributed by atoms with Crippen molar-refractivity contribution in [3.8, 4) is 0 Å². The number of carbonyl (C=O) groups is 2. The maximum absolute atomic E-state index is 13.4. The summed E-state index contributed by atoms with van der Waals surface area (Å²) < 4.78 is 13.4. The third-order valence-corrected chi connectivity index (χ3v) is 4.02. The molecule has 0 atom stereocenters. The van der Waals surface area contributed by atoms with E-state index in [-0.39, 0.29) is 17.0 Å². The fourth-order valence-corrected chi connectivity index (χ4v) is 2.84. The van der Waals surface area contributed by atoms with Crippen LogP contribution in [0.3, 0.4) is 0 Å². The molecule has 2 amide bonds. The van der Waals surface area contributed by atoms with E-state index in [1.165, 1.54) is 17.8 Å². The fourth-order valence-electron chi connectivity index (χ4n) is 1.99. The standard InChI is InChI=1S/C14H17FN2O2S/c15-12-4-2-1-3-11(12)5-7-16-13(18)6-8-17-9-10-20-14(17)19/h1-4H,5-10H2,(H,16,18). The molecule has 1 heterocycles. The van der Waals surface area contributed by atoms with Crippen molar-refractivity contribution in [3.63, 3.8) is 0 Å². The first-order valence-electron chi connectivity index (χ1n) is 6.58. The van der Waals surface area contributed by atoms with Gasteiger partial charge in [0.1, 0.15) is 5.82 Å². The van der Waals surface area contributed by atoms with Gasteiger partial charge in [-0.1, -0.05) is 30.0 Å². The molecule has 1 aliphatic rings. The van der Waals surface area contributed by atoms with E-state index in [2.05, 4.69) is 5.32 Å². The Morgan fingerprint density at radius 2 is 2.20 bits per heavy atom. The number of nitrogens with zero attached hydrogens (tertiary/aromatic N) is 1. The summed E-state index contributed by atoms with van der Waals surface area (Å²) in [5, 5.41) is 2.79. The Balaban J connectivity index is 1.65. The lowest BCUT2D eigenvalue weighted by Crippen LogP contribution is -2.31. The first-order chi connectivity index (χ1) is 9.66. The summed E-state index contributed by atoms with van der Waals surface area (Å²) in [6, 6.07) is 6.54. The average Bonchev–Trinajstić information content (AvgIpc) is 2.84. The zero-order chi connectivity index (χ0) is 14.4. The van der Waals surface area contributed by atoms with Gasteiger partial charge in [0.25, 0.3) is 5.24 Å². The minimum Gasteiger partial charge on any atom is -0.356 e. The Kier molecular flexibility index (Phi) is 5.40. The van der Waals surface area contributed by atoms with E-state index in [9.17, 15) is 14.0 Å². The number of thioether (sulfide) groups is 1. The second-order valence-corrected chi connectivity index (χ2v) is 5.59. The molecule has 1 N–H and O–H groups in total. The van der Waals surface area contributed by atoms with Crippen molar-refractivity contribution in [2.24, 2.45) is 0 Å². The van der Waals surface area contributed by atoms with Gasteiger partial charge in [-0.3, -0.25) is 9.59 Å². The van der Waals surface area contributed by atoms with Gasteiger partial charge in [-0.15, -0.1) is 0 Å². The lowest BCUT2D eigenvalue weighted by atomic mass is 10.1. The quantitative estimate of drug-likeness (QED) is 0.874. The van der Waals surface area contributed by atoms with Gasteiger partial charge in [0, 0.05) is 31.8 Å². The third kappa shape index (κ3) is 4.23. The van der Waals surface area contributed by atoms with E-state index in [4.69, 9.17) is 0 Å². The van der Waals surface area contributed by atoms with Crippen molar-refractivity contribution in [3.05, 3.63) is 35.6 Å². The van der Waals surface area contributed by atoms with Crippen molar-refractivity contribution in [2.45, 2.75) is 12.8 Å². The summed E-state index contributed by atoms with van der Waals surface area (Å²) in [7, 11) is 0. The van der Waals surface area contributed by atoms with Crippen LogP contribution in [0.2, 0.25) is 0 Å². The van der Waals surface area contributed by atoms with Crippen LogP contribution >= 0.6 is 11.8 Å². The molecule has 2 rings (SSSR count). The van der Waals surface area contributed by atoms with Gasteiger partial charge in [-0.25, -0.2) is 4.39 Å². The van der Waals surface area contributed by atoms with Crippen LogP contribution in [0.5, 0.6) is 0 Å². The number of hydrogen-bond acceptors (Lipinski definition) is 3. The molecule has 4 nitrogen and oxygen atoms in total. The molecule has 0 bridgehead atoms. The molecular weight excluding hydrogens is 279 g/mol. The molecule has 1 fully saturated rings. The molecular formula is C14H17FN2O2S. The summed E-state index contributed by atoms with van der Waals surface area (Å²) >= 11 is 1.29. The Morgan fingerprint density at radius 3 is 2.90 bits per heavy atom. The topological polar surface area (TPSA) is 49.4 Å². The summed E-state index contributed by atoms with van der Waals surface area (Å²) in [6.45, 7) is 1.58. The van der Waals surface area contributed by atoms with E-state index in [0.29, 0.717) is 38.0 Å². The Hall–Kier alpha value is -1.56. The molecule has 0 unspecified atom stereocenters. The van der Waals surface area contributed by atoms with Crippen molar-refractivity contribution >= 4 is 22.9 Å². The van der Waals surface area contributed by atoms with Crippen LogP contribution in [0.4, 0.5) is 9.18 Å². The predicted octanol–water partition coefficient (Wildman–Crippen LogP) is 2.04. The number of benzene rings is 1. The summed E-state index contributed by atoms with van der Waals surface area (Å²) in [4.78, 5) is 24.7. The van der Waals surface area contributed by atoms with Gasteiger partial charge in [0.2, 0.25) is 5.91 Å². The Labute approximate surface area is 121 Å². The van der Waals surface area contributed by atoms with Crippen LogP contribution in [0.1, 0.15) is 12.0 Å². The van der Waals surface area contributed by atoms with Gasteiger partial charge >= 0.3 is 0 Å². The van der Waals surface area contributed by atoms with Crippen molar-refractivity contribution < 1.29 is 14.0 Å². The lowest BCUT2D eigenvalue weighted by molar-refractivity contribution is -0.121. The average molecular weight is 296 g/mol. The predicted molar refractivity (Wildman–Crippen MR) is 77.2 cm³/mol. The van der Waals surface area contributed by atoms with E-state index in [1.807, 2.05) is 0 Å². The molecule has 108 valence electrons. The highest BCUT2D eigenvalue weighted by atomic mass is 32.2. The number of halogens is 1. The van der Waals surface area contributed by atoms with Crippen molar-refractivity contribution in [1.82, 2.24) is 10.2 Å². The normalized spacial score (nSPS) is 14.7.